The number of ether oxygens (including phenoxy) is 2. The Hall–Kier alpha value is -2.15. The maximum Gasteiger partial charge on any atom is 0.246 e. The number of likely N-dealkylation sites (N-methyl/N-ethyl adjacent to an activating group) is 1. The molecule has 1 aromatic carbocycles. The van der Waals surface area contributed by atoms with Crippen molar-refractivity contribution in [3.63, 3.8) is 0 Å². The molecule has 0 radical (unpaired) electrons. The zero-order valence-electron chi connectivity index (χ0n) is 16.9. The Labute approximate surface area is 169 Å². The Kier molecular flexibility index (Phi) is 6.17. The van der Waals surface area contributed by atoms with Gasteiger partial charge in [0.05, 0.1) is 25.8 Å². The molecule has 1 unspecified atom stereocenters. The van der Waals surface area contributed by atoms with Crippen molar-refractivity contribution in [3.8, 4) is 5.75 Å². The Morgan fingerprint density at radius 3 is 2.72 bits per heavy atom. The normalized spacial score (nSPS) is 20.5. The van der Waals surface area contributed by atoms with Crippen molar-refractivity contribution in [3.05, 3.63) is 29.8 Å². The first kappa shape index (κ1) is 21.6. The average Bonchev–Trinajstić information content (AvgIpc) is 3.34. The van der Waals surface area contributed by atoms with Crippen LogP contribution in [0.3, 0.4) is 0 Å². The van der Waals surface area contributed by atoms with E-state index in [9.17, 15) is 12.8 Å². The molecule has 2 aromatic rings. The molecule has 0 spiro atoms. The van der Waals surface area contributed by atoms with Crippen LogP contribution in [-0.2, 0) is 26.8 Å². The van der Waals surface area contributed by atoms with Gasteiger partial charge in [0.25, 0.3) is 0 Å². The lowest BCUT2D eigenvalue weighted by Crippen LogP contribution is -2.47. The Bertz CT molecular complexity index is 967. The van der Waals surface area contributed by atoms with Crippen LogP contribution in [0.5, 0.6) is 5.75 Å². The van der Waals surface area contributed by atoms with E-state index in [1.807, 2.05) is 19.0 Å². The molecular weight excluding hydrogens is 403 g/mol. The number of rotatable bonds is 8. The van der Waals surface area contributed by atoms with Crippen LogP contribution in [0.1, 0.15) is 12.2 Å². The minimum Gasteiger partial charge on any atom is -0.495 e. The van der Waals surface area contributed by atoms with Crippen molar-refractivity contribution in [1.29, 1.82) is 0 Å². The van der Waals surface area contributed by atoms with Crippen LogP contribution >= 0.6 is 0 Å². The van der Waals surface area contributed by atoms with Crippen molar-refractivity contribution in [2.24, 2.45) is 0 Å². The van der Waals surface area contributed by atoms with E-state index in [0.717, 1.165) is 12.1 Å². The van der Waals surface area contributed by atoms with Crippen molar-refractivity contribution < 1.29 is 22.3 Å². The van der Waals surface area contributed by atoms with Gasteiger partial charge in [-0.05, 0) is 49.1 Å². The summed E-state index contributed by atoms with van der Waals surface area (Å²) in [4.78, 5) is 1.72. The fourth-order valence-electron chi connectivity index (χ4n) is 3.57. The number of hydrogen-bond donors (Lipinski definition) is 0. The lowest BCUT2D eigenvalue weighted by molar-refractivity contribution is 0.138. The number of tetrazole rings is 1. The fraction of sp³-hybridized carbons (Fsp3) is 0.588. The molecule has 0 bridgehead atoms. The number of sulfonamides is 1. The van der Waals surface area contributed by atoms with E-state index in [2.05, 4.69) is 15.5 Å². The minimum absolute atomic E-state index is 0.0960. The summed E-state index contributed by atoms with van der Waals surface area (Å²) >= 11 is 0. The van der Waals surface area contributed by atoms with Gasteiger partial charge in [0, 0.05) is 20.2 Å². The monoisotopic (exact) mass is 428 g/mol. The van der Waals surface area contributed by atoms with Crippen LogP contribution in [0.2, 0.25) is 0 Å². The summed E-state index contributed by atoms with van der Waals surface area (Å²) in [6.07, 6.45) is 0.476. The van der Waals surface area contributed by atoms with Crippen LogP contribution in [0.25, 0.3) is 0 Å². The maximum atomic E-state index is 13.8. The molecule has 160 valence electrons. The zero-order valence-corrected chi connectivity index (χ0v) is 17.7. The first-order valence-electron chi connectivity index (χ1n) is 9.03. The minimum atomic E-state index is -3.99. The van der Waals surface area contributed by atoms with Crippen LogP contribution in [0, 0.1) is 5.82 Å². The van der Waals surface area contributed by atoms with Gasteiger partial charge in [0.2, 0.25) is 10.0 Å². The molecule has 0 saturated carbocycles. The van der Waals surface area contributed by atoms with Gasteiger partial charge in [0.1, 0.15) is 16.5 Å². The second-order valence-corrected chi connectivity index (χ2v) is 8.93. The highest BCUT2D eigenvalue weighted by Crippen LogP contribution is 2.39. The standard InChI is InChI=1S/C17H25FN6O4S/c1-22(2)17(16-19-20-21-24(16)9-10-27-3)7-8-23(12-17)29(25,26)15-11-13(18)5-6-14(15)28-4/h5-6,11H,7-10,12H2,1-4H3. The largest absolute Gasteiger partial charge is 0.495 e. The summed E-state index contributed by atoms with van der Waals surface area (Å²) in [5, 5.41) is 12.0. The molecule has 29 heavy (non-hydrogen) atoms. The van der Waals surface area contributed by atoms with E-state index in [0.29, 0.717) is 25.4 Å². The second-order valence-electron chi connectivity index (χ2n) is 7.03. The summed E-state index contributed by atoms with van der Waals surface area (Å²) in [5.74, 6) is 0.00749. The third-order valence-corrected chi connectivity index (χ3v) is 7.13. The van der Waals surface area contributed by atoms with Crippen LogP contribution in [-0.4, -0.2) is 85.8 Å². The molecule has 1 saturated heterocycles. The van der Waals surface area contributed by atoms with Gasteiger partial charge >= 0.3 is 0 Å². The summed E-state index contributed by atoms with van der Waals surface area (Å²) in [6, 6.07) is 3.45. The zero-order chi connectivity index (χ0) is 21.2. The van der Waals surface area contributed by atoms with E-state index in [-0.39, 0.29) is 23.7 Å². The van der Waals surface area contributed by atoms with Gasteiger partial charge in [-0.3, -0.25) is 4.90 Å². The highest BCUT2D eigenvalue weighted by atomic mass is 32.2. The summed E-state index contributed by atoms with van der Waals surface area (Å²) in [6.45, 7) is 1.22. The quantitative estimate of drug-likeness (QED) is 0.592. The molecule has 1 atom stereocenters. The summed E-state index contributed by atoms with van der Waals surface area (Å²) in [7, 11) is 2.66. The number of halogens is 1. The smallest absolute Gasteiger partial charge is 0.246 e. The van der Waals surface area contributed by atoms with Crippen LogP contribution in [0.4, 0.5) is 4.39 Å². The highest BCUT2D eigenvalue weighted by molar-refractivity contribution is 7.89. The molecule has 1 aromatic heterocycles. The molecule has 0 N–H and O–H groups in total. The predicted molar refractivity (Wildman–Crippen MR) is 101 cm³/mol. The van der Waals surface area contributed by atoms with E-state index < -0.39 is 21.4 Å². The Balaban J connectivity index is 1.98. The molecule has 12 heteroatoms. The van der Waals surface area contributed by atoms with Crippen molar-refractivity contribution in [2.45, 2.75) is 23.4 Å². The molecule has 2 heterocycles. The molecule has 10 nitrogen and oxygen atoms in total. The van der Waals surface area contributed by atoms with Crippen molar-refractivity contribution >= 4 is 10.0 Å². The van der Waals surface area contributed by atoms with E-state index in [1.165, 1.54) is 17.5 Å². The second kappa shape index (κ2) is 8.30. The third kappa shape index (κ3) is 3.84. The molecule has 3 rings (SSSR count). The average molecular weight is 428 g/mol. The third-order valence-electron chi connectivity index (χ3n) is 5.27. The van der Waals surface area contributed by atoms with Gasteiger partial charge in [-0.25, -0.2) is 17.5 Å². The lowest BCUT2D eigenvalue weighted by Gasteiger charge is -2.34. The molecule has 0 aliphatic carbocycles. The highest BCUT2D eigenvalue weighted by Gasteiger charge is 2.49. The molecular formula is C17H25FN6O4S. The molecule has 0 amide bonds. The lowest BCUT2D eigenvalue weighted by atomic mass is 9.96. The van der Waals surface area contributed by atoms with Gasteiger partial charge < -0.3 is 9.47 Å². The topological polar surface area (TPSA) is 103 Å². The number of aromatic nitrogens is 4. The van der Waals surface area contributed by atoms with E-state index in [4.69, 9.17) is 9.47 Å². The maximum absolute atomic E-state index is 13.8. The number of hydrogen-bond acceptors (Lipinski definition) is 8. The number of benzene rings is 1. The molecule has 1 fully saturated rings. The van der Waals surface area contributed by atoms with Crippen molar-refractivity contribution in [2.75, 3.05) is 48.0 Å². The van der Waals surface area contributed by atoms with Crippen molar-refractivity contribution in [1.82, 2.24) is 29.4 Å². The fourth-order valence-corrected chi connectivity index (χ4v) is 5.23. The van der Waals surface area contributed by atoms with Gasteiger partial charge in [-0.15, -0.1) is 5.10 Å². The SMILES string of the molecule is COCCn1nnnc1C1(N(C)C)CCN(S(=O)(=O)c2cc(F)ccc2OC)C1. The number of nitrogens with zero attached hydrogens (tertiary/aromatic N) is 6. The number of methoxy groups -OCH3 is 2. The van der Waals surface area contributed by atoms with Crippen LogP contribution in [0.15, 0.2) is 23.1 Å². The van der Waals surface area contributed by atoms with Crippen LogP contribution < -0.4 is 4.74 Å². The molecule has 1 aliphatic heterocycles. The van der Waals surface area contributed by atoms with E-state index in [1.54, 1.807) is 11.8 Å². The predicted octanol–water partition coefficient (Wildman–Crippen LogP) is 0.319. The first-order valence-corrected chi connectivity index (χ1v) is 10.5. The molecule has 1 aliphatic rings. The first-order chi connectivity index (χ1) is 13.8. The van der Waals surface area contributed by atoms with Gasteiger partial charge in [0.15, 0.2) is 5.82 Å². The van der Waals surface area contributed by atoms with Gasteiger partial charge in [-0.2, -0.15) is 4.31 Å². The Morgan fingerprint density at radius 1 is 1.31 bits per heavy atom. The van der Waals surface area contributed by atoms with Gasteiger partial charge in [-0.1, -0.05) is 0 Å². The summed E-state index contributed by atoms with van der Waals surface area (Å²) in [5.41, 5.74) is -0.731. The van der Waals surface area contributed by atoms with E-state index >= 15 is 0 Å². The summed E-state index contributed by atoms with van der Waals surface area (Å²) < 4.78 is 53.6. The Morgan fingerprint density at radius 2 is 2.07 bits per heavy atom.